The molecule has 1 aromatic carbocycles. The molecule has 0 spiro atoms. The lowest BCUT2D eigenvalue weighted by atomic mass is 10.0. The van der Waals surface area contributed by atoms with Crippen molar-refractivity contribution in [3.63, 3.8) is 0 Å². The van der Waals surface area contributed by atoms with Gasteiger partial charge in [0.05, 0.1) is 6.54 Å². The molecule has 0 aliphatic carbocycles. The van der Waals surface area contributed by atoms with Gasteiger partial charge in [0.1, 0.15) is 0 Å². The molecule has 1 aromatic rings. The van der Waals surface area contributed by atoms with Gasteiger partial charge in [-0.15, -0.1) is 0 Å². The summed E-state index contributed by atoms with van der Waals surface area (Å²) in [7, 11) is 0. The molecule has 2 rings (SSSR count). The van der Waals surface area contributed by atoms with Crippen LogP contribution in [0, 0.1) is 0 Å². The van der Waals surface area contributed by atoms with Gasteiger partial charge in [-0.05, 0) is 50.3 Å². The van der Waals surface area contributed by atoms with Gasteiger partial charge in [0.15, 0.2) is 0 Å². The summed E-state index contributed by atoms with van der Waals surface area (Å²) >= 11 is 0. The molecule has 0 atom stereocenters. The number of primary amides is 1. The van der Waals surface area contributed by atoms with E-state index in [1.165, 1.54) is 43.6 Å². The number of para-hydroxylation sites is 1. The lowest BCUT2D eigenvalue weighted by molar-refractivity contribution is -0.117. The third kappa shape index (κ3) is 4.53. The zero-order chi connectivity index (χ0) is 14.2. The molecular weight excluding hydrogens is 250 g/mol. The van der Waals surface area contributed by atoms with E-state index >= 15 is 0 Å². The number of aryl methyl sites for hydroxylation is 1. The first-order chi connectivity index (χ1) is 9.77. The number of anilines is 1. The van der Waals surface area contributed by atoms with Crippen LogP contribution in [0.15, 0.2) is 24.3 Å². The Kier molecular flexibility index (Phi) is 5.87. The standard InChI is InChI=1S/C16H25N3O/c17-16(20)13-18-10-6-8-14-7-2-3-9-15(14)19-11-4-1-5-12-19/h2-3,7,9,18H,1,4-6,8,10-13H2,(H2,17,20). The summed E-state index contributed by atoms with van der Waals surface area (Å²) in [6, 6.07) is 8.69. The number of rotatable bonds is 7. The van der Waals surface area contributed by atoms with Gasteiger partial charge >= 0.3 is 0 Å². The molecule has 1 aliphatic rings. The first-order valence-corrected chi connectivity index (χ1v) is 7.59. The van der Waals surface area contributed by atoms with Crippen LogP contribution in [0.3, 0.4) is 0 Å². The number of benzene rings is 1. The predicted molar refractivity (Wildman–Crippen MR) is 82.9 cm³/mol. The molecule has 20 heavy (non-hydrogen) atoms. The second kappa shape index (κ2) is 7.90. The molecule has 0 saturated carbocycles. The first-order valence-electron chi connectivity index (χ1n) is 7.59. The maximum absolute atomic E-state index is 10.6. The van der Waals surface area contributed by atoms with Gasteiger partial charge in [0, 0.05) is 18.8 Å². The van der Waals surface area contributed by atoms with Crippen LogP contribution in [-0.4, -0.2) is 32.1 Å². The van der Waals surface area contributed by atoms with Crippen LogP contribution < -0.4 is 16.0 Å². The van der Waals surface area contributed by atoms with E-state index in [2.05, 4.69) is 34.5 Å². The normalized spacial score (nSPS) is 15.3. The molecule has 0 bridgehead atoms. The Bertz CT molecular complexity index is 427. The van der Waals surface area contributed by atoms with Crippen molar-refractivity contribution in [3.05, 3.63) is 29.8 Å². The lowest BCUT2D eigenvalue weighted by Crippen LogP contribution is -2.30. The Morgan fingerprint density at radius 3 is 2.70 bits per heavy atom. The SMILES string of the molecule is NC(=O)CNCCCc1ccccc1N1CCCCC1. The van der Waals surface area contributed by atoms with Gasteiger partial charge in [0.25, 0.3) is 0 Å². The average molecular weight is 275 g/mol. The molecule has 0 radical (unpaired) electrons. The van der Waals surface area contributed by atoms with Crippen LogP contribution >= 0.6 is 0 Å². The number of hydrogen-bond acceptors (Lipinski definition) is 3. The molecule has 1 amide bonds. The van der Waals surface area contributed by atoms with E-state index in [0.29, 0.717) is 0 Å². The van der Waals surface area contributed by atoms with Gasteiger partial charge in [-0.2, -0.15) is 0 Å². The number of carbonyl (C=O) groups excluding carboxylic acids is 1. The highest BCUT2D eigenvalue weighted by molar-refractivity contribution is 5.75. The minimum Gasteiger partial charge on any atom is -0.371 e. The highest BCUT2D eigenvalue weighted by Crippen LogP contribution is 2.24. The number of amides is 1. The number of piperidine rings is 1. The van der Waals surface area contributed by atoms with Crippen molar-refractivity contribution < 1.29 is 4.79 Å². The summed E-state index contributed by atoms with van der Waals surface area (Å²) in [5.41, 5.74) is 7.90. The Balaban J connectivity index is 1.85. The summed E-state index contributed by atoms with van der Waals surface area (Å²) < 4.78 is 0. The summed E-state index contributed by atoms with van der Waals surface area (Å²) in [4.78, 5) is 13.2. The number of carbonyl (C=O) groups is 1. The van der Waals surface area contributed by atoms with Crippen LogP contribution in [0.4, 0.5) is 5.69 Å². The third-order valence-corrected chi connectivity index (χ3v) is 3.79. The third-order valence-electron chi connectivity index (χ3n) is 3.79. The smallest absolute Gasteiger partial charge is 0.231 e. The summed E-state index contributed by atoms with van der Waals surface area (Å²) in [5, 5.41) is 3.07. The van der Waals surface area contributed by atoms with Gasteiger partial charge in [0.2, 0.25) is 5.91 Å². The molecule has 3 N–H and O–H groups in total. The molecule has 1 fully saturated rings. The fraction of sp³-hybridized carbons (Fsp3) is 0.562. The first kappa shape index (κ1) is 14.9. The molecule has 0 aromatic heterocycles. The zero-order valence-electron chi connectivity index (χ0n) is 12.1. The van der Waals surface area contributed by atoms with E-state index in [-0.39, 0.29) is 12.5 Å². The van der Waals surface area contributed by atoms with Crippen molar-refractivity contribution in [3.8, 4) is 0 Å². The minimum atomic E-state index is -0.293. The van der Waals surface area contributed by atoms with E-state index < -0.39 is 0 Å². The molecule has 1 aliphatic heterocycles. The molecular formula is C16H25N3O. The molecule has 1 saturated heterocycles. The Labute approximate surface area is 121 Å². The fourth-order valence-corrected chi connectivity index (χ4v) is 2.78. The zero-order valence-corrected chi connectivity index (χ0v) is 12.1. The predicted octanol–water partition coefficient (Wildman–Crippen LogP) is 1.68. The van der Waals surface area contributed by atoms with E-state index in [4.69, 9.17) is 5.73 Å². The van der Waals surface area contributed by atoms with Crippen molar-refractivity contribution in [2.75, 3.05) is 31.1 Å². The van der Waals surface area contributed by atoms with E-state index in [9.17, 15) is 4.79 Å². The van der Waals surface area contributed by atoms with Crippen LogP contribution in [0.1, 0.15) is 31.2 Å². The fourth-order valence-electron chi connectivity index (χ4n) is 2.78. The molecule has 4 heteroatoms. The van der Waals surface area contributed by atoms with Crippen molar-refractivity contribution in [1.29, 1.82) is 0 Å². The van der Waals surface area contributed by atoms with E-state index in [0.717, 1.165) is 19.4 Å². The van der Waals surface area contributed by atoms with Crippen LogP contribution in [-0.2, 0) is 11.2 Å². The highest BCUT2D eigenvalue weighted by atomic mass is 16.1. The lowest BCUT2D eigenvalue weighted by Gasteiger charge is -2.30. The van der Waals surface area contributed by atoms with E-state index in [1.54, 1.807) is 0 Å². The van der Waals surface area contributed by atoms with Crippen molar-refractivity contribution in [2.45, 2.75) is 32.1 Å². The summed E-state index contributed by atoms with van der Waals surface area (Å²) in [5.74, 6) is -0.293. The van der Waals surface area contributed by atoms with Gasteiger partial charge < -0.3 is 16.0 Å². The Morgan fingerprint density at radius 2 is 1.95 bits per heavy atom. The maximum Gasteiger partial charge on any atom is 0.231 e. The second-order valence-corrected chi connectivity index (χ2v) is 5.42. The summed E-state index contributed by atoms with van der Waals surface area (Å²) in [6.45, 7) is 3.46. The molecule has 1 heterocycles. The van der Waals surface area contributed by atoms with Crippen LogP contribution in [0.25, 0.3) is 0 Å². The minimum absolute atomic E-state index is 0.272. The number of nitrogens with zero attached hydrogens (tertiary/aromatic N) is 1. The Morgan fingerprint density at radius 1 is 1.20 bits per heavy atom. The molecule has 0 unspecified atom stereocenters. The van der Waals surface area contributed by atoms with Gasteiger partial charge in [-0.1, -0.05) is 18.2 Å². The monoisotopic (exact) mass is 275 g/mol. The van der Waals surface area contributed by atoms with Gasteiger partial charge in [-0.3, -0.25) is 4.79 Å². The number of hydrogen-bond donors (Lipinski definition) is 2. The van der Waals surface area contributed by atoms with Crippen molar-refractivity contribution >= 4 is 11.6 Å². The number of nitrogens with one attached hydrogen (secondary N) is 1. The molecule has 110 valence electrons. The molecule has 4 nitrogen and oxygen atoms in total. The number of nitrogens with two attached hydrogens (primary N) is 1. The van der Waals surface area contributed by atoms with Gasteiger partial charge in [-0.25, -0.2) is 0 Å². The van der Waals surface area contributed by atoms with Crippen molar-refractivity contribution in [1.82, 2.24) is 5.32 Å². The summed E-state index contributed by atoms with van der Waals surface area (Å²) in [6.07, 6.45) is 6.02. The topological polar surface area (TPSA) is 58.4 Å². The van der Waals surface area contributed by atoms with Crippen LogP contribution in [0.2, 0.25) is 0 Å². The van der Waals surface area contributed by atoms with Crippen LogP contribution in [0.5, 0.6) is 0 Å². The quantitative estimate of drug-likeness (QED) is 0.744. The van der Waals surface area contributed by atoms with Crippen molar-refractivity contribution in [2.24, 2.45) is 5.73 Å². The highest BCUT2D eigenvalue weighted by Gasteiger charge is 2.13. The Hall–Kier alpha value is -1.55. The second-order valence-electron chi connectivity index (χ2n) is 5.42. The average Bonchev–Trinajstić information content (AvgIpc) is 2.48. The largest absolute Gasteiger partial charge is 0.371 e. The van der Waals surface area contributed by atoms with E-state index in [1.807, 2.05) is 0 Å². The maximum atomic E-state index is 10.6.